The standard InChI is InChI=1S/C14H14N2O2/c1-18-13-5-2-11(3-6-13)4-7-14(17)12-8-9-15-16-10-12/h2-3,5-6,8-10H,4,7H2,1H3. The van der Waals surface area contributed by atoms with E-state index in [1.54, 1.807) is 13.2 Å². The minimum absolute atomic E-state index is 0.0840. The van der Waals surface area contributed by atoms with E-state index in [1.165, 1.54) is 12.4 Å². The zero-order chi connectivity index (χ0) is 12.8. The summed E-state index contributed by atoms with van der Waals surface area (Å²) in [5, 5.41) is 7.35. The second-order valence-electron chi connectivity index (χ2n) is 3.90. The number of carbonyl (C=O) groups excluding carboxylic acids is 1. The molecule has 0 aliphatic heterocycles. The molecule has 2 rings (SSSR count). The summed E-state index contributed by atoms with van der Waals surface area (Å²) in [4.78, 5) is 11.8. The lowest BCUT2D eigenvalue weighted by molar-refractivity contribution is 0.0982. The molecule has 0 unspecified atom stereocenters. The van der Waals surface area contributed by atoms with Crippen molar-refractivity contribution >= 4 is 5.78 Å². The fourth-order valence-electron chi connectivity index (χ4n) is 1.65. The molecule has 0 aliphatic carbocycles. The summed E-state index contributed by atoms with van der Waals surface area (Å²) in [5.41, 5.74) is 1.73. The van der Waals surface area contributed by atoms with Gasteiger partial charge >= 0.3 is 0 Å². The van der Waals surface area contributed by atoms with Gasteiger partial charge in [0.05, 0.1) is 19.5 Å². The van der Waals surface area contributed by atoms with Gasteiger partial charge in [-0.25, -0.2) is 0 Å². The van der Waals surface area contributed by atoms with Crippen LogP contribution in [-0.2, 0) is 6.42 Å². The normalized spacial score (nSPS) is 10.1. The fraction of sp³-hybridized carbons (Fsp3) is 0.214. The number of aromatic nitrogens is 2. The number of carbonyl (C=O) groups is 1. The van der Waals surface area contributed by atoms with Crippen LogP contribution in [0.4, 0.5) is 0 Å². The van der Waals surface area contributed by atoms with Gasteiger partial charge in [-0.05, 0) is 30.2 Å². The lowest BCUT2D eigenvalue weighted by Gasteiger charge is -2.03. The molecule has 0 saturated carbocycles. The fourth-order valence-corrected chi connectivity index (χ4v) is 1.65. The van der Waals surface area contributed by atoms with E-state index < -0.39 is 0 Å². The Morgan fingerprint density at radius 3 is 2.56 bits per heavy atom. The maximum atomic E-state index is 11.8. The highest BCUT2D eigenvalue weighted by Gasteiger charge is 2.06. The average Bonchev–Trinajstić information content (AvgIpc) is 2.46. The van der Waals surface area contributed by atoms with Crippen molar-refractivity contribution in [1.29, 1.82) is 0 Å². The predicted octanol–water partition coefficient (Wildman–Crippen LogP) is 2.30. The van der Waals surface area contributed by atoms with Crippen LogP contribution < -0.4 is 4.74 Å². The molecule has 0 saturated heterocycles. The van der Waals surface area contributed by atoms with Gasteiger partial charge in [0.1, 0.15) is 5.75 Å². The Balaban J connectivity index is 1.93. The van der Waals surface area contributed by atoms with Crippen LogP contribution in [0.1, 0.15) is 22.3 Å². The molecule has 0 amide bonds. The van der Waals surface area contributed by atoms with Crippen molar-refractivity contribution in [3.05, 3.63) is 53.9 Å². The zero-order valence-corrected chi connectivity index (χ0v) is 10.2. The highest BCUT2D eigenvalue weighted by Crippen LogP contribution is 2.13. The number of aryl methyl sites for hydroxylation is 1. The van der Waals surface area contributed by atoms with E-state index in [1.807, 2.05) is 24.3 Å². The number of ether oxygens (including phenoxy) is 1. The Morgan fingerprint density at radius 1 is 1.17 bits per heavy atom. The zero-order valence-electron chi connectivity index (χ0n) is 10.2. The molecule has 0 spiro atoms. The number of hydrogen-bond acceptors (Lipinski definition) is 4. The molecule has 0 fully saturated rings. The average molecular weight is 242 g/mol. The molecule has 4 nitrogen and oxygen atoms in total. The van der Waals surface area contributed by atoms with Gasteiger partial charge < -0.3 is 4.74 Å². The highest BCUT2D eigenvalue weighted by atomic mass is 16.5. The maximum absolute atomic E-state index is 11.8. The Kier molecular flexibility index (Phi) is 4.02. The van der Waals surface area contributed by atoms with Crippen molar-refractivity contribution < 1.29 is 9.53 Å². The van der Waals surface area contributed by atoms with Crippen molar-refractivity contribution in [3.63, 3.8) is 0 Å². The summed E-state index contributed by atoms with van der Waals surface area (Å²) in [7, 11) is 1.63. The SMILES string of the molecule is COc1ccc(CCC(=O)c2ccnnc2)cc1. The molecular formula is C14H14N2O2. The first kappa shape index (κ1) is 12.2. The molecule has 2 aromatic rings. The third-order valence-corrected chi connectivity index (χ3v) is 2.71. The molecule has 92 valence electrons. The van der Waals surface area contributed by atoms with Crippen molar-refractivity contribution in [2.24, 2.45) is 0 Å². The number of benzene rings is 1. The van der Waals surface area contributed by atoms with Crippen LogP contribution in [0.5, 0.6) is 5.75 Å². The predicted molar refractivity (Wildman–Crippen MR) is 67.7 cm³/mol. The van der Waals surface area contributed by atoms with Gasteiger partial charge in [-0.1, -0.05) is 12.1 Å². The third-order valence-electron chi connectivity index (χ3n) is 2.71. The minimum atomic E-state index is 0.0840. The van der Waals surface area contributed by atoms with Gasteiger partial charge in [0.2, 0.25) is 0 Å². The van der Waals surface area contributed by atoms with Crippen molar-refractivity contribution in [3.8, 4) is 5.75 Å². The lowest BCUT2D eigenvalue weighted by Crippen LogP contribution is -2.02. The van der Waals surface area contributed by atoms with Gasteiger partial charge in [-0.2, -0.15) is 10.2 Å². The van der Waals surface area contributed by atoms with E-state index in [-0.39, 0.29) is 5.78 Å². The summed E-state index contributed by atoms with van der Waals surface area (Å²) < 4.78 is 5.08. The largest absolute Gasteiger partial charge is 0.497 e. The Morgan fingerprint density at radius 2 is 1.94 bits per heavy atom. The Labute approximate surface area is 106 Å². The van der Waals surface area contributed by atoms with Gasteiger partial charge in [0, 0.05) is 12.0 Å². The minimum Gasteiger partial charge on any atom is -0.497 e. The lowest BCUT2D eigenvalue weighted by atomic mass is 10.0. The molecule has 4 heteroatoms. The molecule has 0 aliphatic rings. The Hall–Kier alpha value is -2.23. The van der Waals surface area contributed by atoms with Crippen molar-refractivity contribution in [2.45, 2.75) is 12.8 Å². The van der Waals surface area contributed by atoms with E-state index in [9.17, 15) is 4.79 Å². The number of methoxy groups -OCH3 is 1. The summed E-state index contributed by atoms with van der Waals surface area (Å²) in [6.45, 7) is 0. The molecule has 0 atom stereocenters. The smallest absolute Gasteiger partial charge is 0.164 e. The van der Waals surface area contributed by atoms with Crippen LogP contribution >= 0.6 is 0 Å². The second-order valence-corrected chi connectivity index (χ2v) is 3.90. The van der Waals surface area contributed by atoms with Crippen molar-refractivity contribution in [2.75, 3.05) is 7.11 Å². The van der Waals surface area contributed by atoms with E-state index >= 15 is 0 Å². The molecule has 0 radical (unpaired) electrons. The van der Waals surface area contributed by atoms with E-state index in [2.05, 4.69) is 10.2 Å². The first-order chi connectivity index (χ1) is 8.79. The molecule has 1 heterocycles. The van der Waals surface area contributed by atoms with Gasteiger partial charge in [0.15, 0.2) is 5.78 Å². The number of hydrogen-bond donors (Lipinski definition) is 0. The molecule has 0 N–H and O–H groups in total. The van der Waals surface area contributed by atoms with Crippen LogP contribution in [0.15, 0.2) is 42.7 Å². The number of Topliss-reactive ketones (excluding diaryl/α,β-unsaturated/α-hetero) is 1. The van der Waals surface area contributed by atoms with E-state index in [4.69, 9.17) is 4.74 Å². The maximum Gasteiger partial charge on any atom is 0.164 e. The first-order valence-electron chi connectivity index (χ1n) is 5.72. The van der Waals surface area contributed by atoms with E-state index in [0.29, 0.717) is 18.4 Å². The summed E-state index contributed by atoms with van der Waals surface area (Å²) in [6, 6.07) is 9.42. The van der Waals surface area contributed by atoms with Gasteiger partial charge in [0.25, 0.3) is 0 Å². The van der Waals surface area contributed by atoms with E-state index in [0.717, 1.165) is 11.3 Å². The summed E-state index contributed by atoms with van der Waals surface area (Å²) >= 11 is 0. The quantitative estimate of drug-likeness (QED) is 0.755. The Bertz CT molecular complexity index is 509. The van der Waals surface area contributed by atoms with Crippen LogP contribution in [0.2, 0.25) is 0 Å². The second kappa shape index (κ2) is 5.91. The first-order valence-corrected chi connectivity index (χ1v) is 5.72. The molecule has 18 heavy (non-hydrogen) atoms. The van der Waals surface area contributed by atoms with Crippen LogP contribution in [0.3, 0.4) is 0 Å². The number of nitrogens with zero attached hydrogens (tertiary/aromatic N) is 2. The molecular weight excluding hydrogens is 228 g/mol. The monoisotopic (exact) mass is 242 g/mol. The molecule has 1 aromatic heterocycles. The van der Waals surface area contributed by atoms with Crippen LogP contribution in [0.25, 0.3) is 0 Å². The topological polar surface area (TPSA) is 52.1 Å². The van der Waals surface area contributed by atoms with Crippen LogP contribution in [-0.4, -0.2) is 23.1 Å². The molecule has 1 aromatic carbocycles. The molecule has 0 bridgehead atoms. The van der Waals surface area contributed by atoms with Gasteiger partial charge in [-0.15, -0.1) is 0 Å². The highest BCUT2D eigenvalue weighted by molar-refractivity contribution is 5.95. The number of rotatable bonds is 5. The number of ketones is 1. The summed E-state index contributed by atoms with van der Waals surface area (Å²) in [5.74, 6) is 0.907. The third kappa shape index (κ3) is 3.13. The van der Waals surface area contributed by atoms with Gasteiger partial charge in [-0.3, -0.25) is 4.79 Å². The van der Waals surface area contributed by atoms with Crippen LogP contribution in [0, 0.1) is 0 Å². The van der Waals surface area contributed by atoms with Crippen molar-refractivity contribution in [1.82, 2.24) is 10.2 Å². The summed E-state index contributed by atoms with van der Waals surface area (Å²) in [6.07, 6.45) is 4.21.